The fourth-order valence-electron chi connectivity index (χ4n) is 11.4. The Labute approximate surface area is 486 Å². The second kappa shape index (κ2) is 23.8. The molecule has 0 spiro atoms. The van der Waals surface area contributed by atoms with E-state index in [1.165, 1.54) is 75.7 Å². The van der Waals surface area contributed by atoms with Crippen molar-refractivity contribution < 1.29 is 89.9 Å². The van der Waals surface area contributed by atoms with Gasteiger partial charge in [-0.05, 0) is 127 Å². The van der Waals surface area contributed by atoms with E-state index in [1.54, 1.807) is 36.1 Å². The Morgan fingerprint density at radius 3 is 2.00 bits per heavy atom. The summed E-state index contributed by atoms with van der Waals surface area (Å²) in [6, 6.07) is 16.4. The number of imide groups is 1. The lowest BCUT2D eigenvalue weighted by Crippen LogP contribution is -2.33. The number of nitrogens with zero attached hydrogens (tertiary/aromatic N) is 4. The highest BCUT2D eigenvalue weighted by molar-refractivity contribution is 7.87. The average Bonchev–Trinajstić information content (AvgIpc) is 1.59. The van der Waals surface area contributed by atoms with Crippen LogP contribution in [0.2, 0.25) is 0 Å². The summed E-state index contributed by atoms with van der Waals surface area (Å²) in [6.45, 7) is 6.12. The number of allylic oxidation sites excluding steroid dienone is 6. The van der Waals surface area contributed by atoms with Crippen LogP contribution in [0.15, 0.2) is 117 Å². The van der Waals surface area contributed by atoms with Crippen LogP contribution in [0, 0.1) is 0 Å². The number of hydrogen-bond donors (Lipinski definition) is 3. The molecule has 3 N–H and O–H groups in total. The number of hydrogen-bond acceptors (Lipinski definition) is 17. The number of carbonyl (C=O) groups is 4. The molecule has 84 heavy (non-hydrogen) atoms. The normalized spacial score (nSPS) is 19.2. The zero-order chi connectivity index (χ0) is 61.6. The van der Waals surface area contributed by atoms with Crippen molar-refractivity contribution in [3.8, 4) is 0 Å². The quantitative estimate of drug-likeness (QED) is 0.0280. The van der Waals surface area contributed by atoms with E-state index in [1.807, 2.05) is 32.1 Å². The number of carbonyl (C=O) groups excluding carboxylic acids is 4. The van der Waals surface area contributed by atoms with Crippen LogP contribution < -0.4 is 4.90 Å². The summed E-state index contributed by atoms with van der Waals surface area (Å²) in [5, 5.41) is 1.32. The summed E-state index contributed by atoms with van der Waals surface area (Å²) in [6.07, 6.45) is 7.17. The molecule has 0 aliphatic carbocycles. The van der Waals surface area contributed by atoms with Gasteiger partial charge in [0.15, 0.2) is 5.71 Å². The molecule has 0 saturated carbocycles. The average molecular weight is 1240 g/mol. The van der Waals surface area contributed by atoms with Gasteiger partial charge in [0, 0.05) is 113 Å². The summed E-state index contributed by atoms with van der Waals surface area (Å²) in [7, 11) is -13.9. The Morgan fingerprint density at radius 1 is 0.762 bits per heavy atom. The summed E-state index contributed by atoms with van der Waals surface area (Å²) in [5.74, 6) is -3.97. The second-order valence-corrected chi connectivity index (χ2v) is 26.9. The van der Waals surface area contributed by atoms with Crippen molar-refractivity contribution in [2.24, 2.45) is 0 Å². The molecule has 3 heterocycles. The number of fused-ring (bicyclic) bond motifs is 6. The summed E-state index contributed by atoms with van der Waals surface area (Å²) in [5.41, 5.74) is 0.740. The van der Waals surface area contributed by atoms with Crippen molar-refractivity contribution in [3.05, 3.63) is 131 Å². The van der Waals surface area contributed by atoms with Crippen LogP contribution in [0.4, 0.5) is 11.4 Å². The fourth-order valence-corrected chi connectivity index (χ4v) is 13.7. The molecule has 0 bridgehead atoms. The maximum absolute atomic E-state index is 14.6. The molecular weight excluding hydrogens is 1170 g/mol. The molecule has 2 unspecified atom stereocenters. The summed E-state index contributed by atoms with van der Waals surface area (Å²) >= 11 is 0. The van der Waals surface area contributed by atoms with Gasteiger partial charge < -0.3 is 28.7 Å². The topological polar surface area (TPSA) is 329 Å². The Morgan fingerprint density at radius 2 is 1.40 bits per heavy atom. The van der Waals surface area contributed by atoms with E-state index in [2.05, 4.69) is 4.58 Å². The first-order chi connectivity index (χ1) is 39.3. The molecule has 0 radical (unpaired) electrons. The molecule has 8 rings (SSSR count). The monoisotopic (exact) mass is 1230 g/mol. The van der Waals surface area contributed by atoms with Gasteiger partial charge in [-0.2, -0.15) is 29.8 Å². The molecule has 23 nitrogen and oxygen atoms in total. The van der Waals surface area contributed by atoms with Gasteiger partial charge in [-0.15, -0.1) is 5.06 Å². The number of ether oxygens (including phenoxy) is 2. The van der Waals surface area contributed by atoms with Gasteiger partial charge in [-0.3, -0.25) is 28.0 Å². The highest BCUT2D eigenvalue weighted by Gasteiger charge is 2.49. The molecule has 448 valence electrons. The summed E-state index contributed by atoms with van der Waals surface area (Å²) < 4.78 is 158. The third kappa shape index (κ3) is 12.4. The molecule has 27 heteroatoms. The van der Waals surface area contributed by atoms with Crippen molar-refractivity contribution in [3.63, 3.8) is 0 Å². The third-order valence-corrected chi connectivity index (χ3v) is 18.7. The standard InChI is InChI=1S/C57H62N4O19S4/c1-8-26-59-45-18-12-36-10-15-38(82(69,70)71)32-42(36)52(45)56(2,24-28-78-6)48(59)20-13-35(40-16-11-37(31-44(40)54(64)58(4)5)55(65)80-61-50(62)22-23-51(61)63)14-21-49-57(3,25-29-79-7)53-43-33-39(83(72,73)74)34-47(84(75,76)77)41(43)17-19-46(53)60(49)27-9-30-81(66,67)68/h10-21,31-34H,8-9,22-30H2,1-7H3,(H3-,66,67,68,69,70,71,72,73,74,75,76,77). The van der Waals surface area contributed by atoms with E-state index in [-0.39, 0.29) is 84.0 Å². The Balaban J connectivity index is 1.45. The molecule has 0 aromatic heterocycles. The lowest BCUT2D eigenvalue weighted by atomic mass is 9.74. The van der Waals surface area contributed by atoms with Crippen molar-refractivity contribution in [2.75, 3.05) is 65.3 Å². The Kier molecular flexibility index (Phi) is 17.8. The predicted molar refractivity (Wildman–Crippen MR) is 308 cm³/mol. The van der Waals surface area contributed by atoms with E-state index in [9.17, 15) is 71.1 Å². The Bertz CT molecular complexity index is 4180. The molecule has 2 atom stereocenters. The van der Waals surface area contributed by atoms with Gasteiger partial charge in [0.1, 0.15) is 21.6 Å². The lowest BCUT2D eigenvalue weighted by molar-refractivity contribution is -0.437. The number of benzene rings is 5. The maximum atomic E-state index is 14.6. The van der Waals surface area contributed by atoms with Gasteiger partial charge in [-0.1, -0.05) is 31.2 Å². The minimum absolute atomic E-state index is 0.00105. The Hall–Kier alpha value is -7.05. The molecule has 5 aromatic rings. The van der Waals surface area contributed by atoms with Crippen LogP contribution in [-0.4, -0.2) is 156 Å². The van der Waals surface area contributed by atoms with Crippen molar-refractivity contribution in [1.82, 2.24) is 9.96 Å². The molecule has 3 amide bonds. The number of rotatable bonds is 22. The number of methoxy groups -OCH3 is 2. The first-order valence-electron chi connectivity index (χ1n) is 26.3. The largest absolute Gasteiger partial charge is 0.744 e. The smallest absolute Gasteiger partial charge is 0.363 e. The first kappa shape index (κ1) is 63.0. The SMILES string of the molecule is CCC[N+]1=C(/C=C/C(=C/C=C2/N(CCCS(=O)(=O)O)c3ccc4c(S(=O)(=O)O)cc(S(=O)(=O)O)cc4c3C2(C)CCOC)c2ccc(C(=O)ON3C(=O)CCC3=O)cc2C(=O)N(C)C)C(C)(CCOC)c2c1ccc1ccc(S(=O)(=O)[O-])cc21. The third-order valence-electron chi connectivity index (χ3n) is 15.3. The minimum atomic E-state index is -5.18. The fraction of sp³-hybridized carbons (Fsp3) is 0.351. The van der Waals surface area contributed by atoms with Crippen LogP contribution in [0.5, 0.6) is 0 Å². The zero-order valence-electron chi connectivity index (χ0n) is 46.8. The van der Waals surface area contributed by atoms with E-state index in [4.69, 9.17) is 14.3 Å². The predicted octanol–water partition coefficient (Wildman–Crippen LogP) is 6.73. The summed E-state index contributed by atoms with van der Waals surface area (Å²) in [4.78, 5) is 59.5. The number of amides is 3. The van der Waals surface area contributed by atoms with Gasteiger partial charge in [0.05, 0.1) is 26.5 Å². The van der Waals surface area contributed by atoms with E-state index in [0.717, 1.165) is 6.07 Å². The van der Waals surface area contributed by atoms with Crippen LogP contribution in [0.25, 0.3) is 27.1 Å². The lowest BCUT2D eigenvalue weighted by Gasteiger charge is -2.31. The number of anilines is 1. The molecule has 1 fully saturated rings. The molecule has 3 aliphatic rings. The van der Waals surface area contributed by atoms with E-state index >= 15 is 0 Å². The molecule has 1 saturated heterocycles. The van der Waals surface area contributed by atoms with Gasteiger partial charge in [0.2, 0.25) is 5.69 Å². The van der Waals surface area contributed by atoms with Crippen molar-refractivity contribution in [2.45, 2.75) is 84.8 Å². The van der Waals surface area contributed by atoms with Gasteiger partial charge in [-0.25, -0.2) is 13.2 Å². The zero-order valence-corrected chi connectivity index (χ0v) is 50.1. The first-order valence-corrected chi connectivity index (χ1v) is 32.2. The highest BCUT2D eigenvalue weighted by Crippen LogP contribution is 2.54. The maximum Gasteiger partial charge on any atom is 0.363 e. The molecular formula is C57H62N4O19S4. The second-order valence-electron chi connectivity index (χ2n) is 21.1. The van der Waals surface area contributed by atoms with Crippen molar-refractivity contribution in [1.29, 1.82) is 0 Å². The van der Waals surface area contributed by atoms with Crippen LogP contribution >= 0.6 is 0 Å². The van der Waals surface area contributed by atoms with Crippen LogP contribution in [-0.2, 0) is 75.2 Å². The minimum Gasteiger partial charge on any atom is -0.744 e. The molecule has 3 aliphatic heterocycles. The van der Waals surface area contributed by atoms with E-state index in [0.29, 0.717) is 69.6 Å². The van der Waals surface area contributed by atoms with Crippen LogP contribution in [0.3, 0.4) is 0 Å². The number of hydroxylamine groups is 2. The van der Waals surface area contributed by atoms with E-state index < -0.39 is 95.4 Å². The van der Waals surface area contributed by atoms with Crippen molar-refractivity contribution >= 4 is 108 Å². The van der Waals surface area contributed by atoms with Gasteiger partial charge >= 0.3 is 5.97 Å². The van der Waals surface area contributed by atoms with Crippen LogP contribution in [0.1, 0.15) is 96.7 Å². The van der Waals surface area contributed by atoms with Gasteiger partial charge in [0.25, 0.3) is 48.1 Å². The highest BCUT2D eigenvalue weighted by atomic mass is 32.2. The molecule has 5 aromatic carbocycles.